The molecule has 0 saturated carbocycles. The van der Waals surface area contributed by atoms with Crippen LogP contribution in [0.4, 0.5) is 0 Å². The Morgan fingerprint density at radius 2 is 2.43 bits per heavy atom. The van der Waals surface area contributed by atoms with Gasteiger partial charge in [0, 0.05) is 38.3 Å². The van der Waals surface area contributed by atoms with Gasteiger partial charge in [-0.2, -0.15) is 11.8 Å². The number of thioether (sulfide) groups is 1. The van der Waals surface area contributed by atoms with Crippen LogP contribution in [0.2, 0.25) is 0 Å². The molecule has 14 heavy (non-hydrogen) atoms. The molecule has 1 aliphatic rings. The van der Waals surface area contributed by atoms with Crippen molar-refractivity contribution in [1.29, 1.82) is 0 Å². The average Bonchev–Trinajstić information content (AvgIpc) is 2.69. The Hall–Kier alpha value is 0.230. The number of hydrogen-bond donors (Lipinski definition) is 1. The van der Waals surface area contributed by atoms with Gasteiger partial charge >= 0.3 is 0 Å². The largest absolute Gasteiger partial charge is 0.384 e. The zero-order valence-corrected chi connectivity index (χ0v) is 9.78. The molecule has 1 rings (SSSR count). The van der Waals surface area contributed by atoms with Crippen LogP contribution in [0, 0.1) is 0 Å². The molecule has 0 aromatic rings. The lowest BCUT2D eigenvalue weighted by Gasteiger charge is -2.10. The molecule has 0 bridgehead atoms. The highest BCUT2D eigenvalue weighted by Gasteiger charge is 2.13. The predicted octanol–water partition coefficient (Wildman–Crippen LogP) is 1.13. The molecule has 0 radical (unpaired) electrons. The van der Waals surface area contributed by atoms with E-state index in [-0.39, 0.29) is 0 Å². The second-order valence-electron chi connectivity index (χ2n) is 3.44. The monoisotopic (exact) mass is 219 g/mol. The second-order valence-corrected chi connectivity index (χ2v) is 4.67. The minimum atomic E-state index is 0.471. The van der Waals surface area contributed by atoms with Crippen LogP contribution >= 0.6 is 11.8 Å². The predicted molar refractivity (Wildman–Crippen MR) is 61.0 cm³/mol. The summed E-state index contributed by atoms with van der Waals surface area (Å²) in [6.07, 6.45) is 2.93. The van der Waals surface area contributed by atoms with E-state index in [1.165, 1.54) is 12.8 Å². The van der Waals surface area contributed by atoms with E-state index in [1.807, 2.05) is 11.8 Å². The molecule has 0 spiro atoms. The smallest absolute Gasteiger partial charge is 0.0700 e. The van der Waals surface area contributed by atoms with Gasteiger partial charge in [0.2, 0.25) is 0 Å². The Bertz CT molecular complexity index is 129. The fourth-order valence-corrected chi connectivity index (χ4v) is 2.23. The van der Waals surface area contributed by atoms with Crippen molar-refractivity contribution in [3.63, 3.8) is 0 Å². The van der Waals surface area contributed by atoms with Gasteiger partial charge in [-0.15, -0.1) is 0 Å². The molecular formula is C10H21NO2S. The molecule has 1 heterocycles. The van der Waals surface area contributed by atoms with Gasteiger partial charge in [0.1, 0.15) is 0 Å². The second kappa shape index (κ2) is 8.53. The fourth-order valence-electron chi connectivity index (χ4n) is 1.46. The van der Waals surface area contributed by atoms with Crippen LogP contribution < -0.4 is 5.32 Å². The van der Waals surface area contributed by atoms with Crippen LogP contribution in [-0.4, -0.2) is 51.0 Å². The maximum atomic E-state index is 5.51. The maximum Gasteiger partial charge on any atom is 0.0700 e. The van der Waals surface area contributed by atoms with E-state index in [2.05, 4.69) is 5.32 Å². The van der Waals surface area contributed by atoms with Crippen LogP contribution in [0.3, 0.4) is 0 Å². The van der Waals surface area contributed by atoms with Crippen molar-refractivity contribution < 1.29 is 9.47 Å². The molecule has 3 nitrogen and oxygen atoms in total. The van der Waals surface area contributed by atoms with Gasteiger partial charge in [-0.1, -0.05) is 0 Å². The van der Waals surface area contributed by atoms with Gasteiger partial charge in [-0.3, -0.25) is 0 Å². The van der Waals surface area contributed by atoms with Crippen molar-refractivity contribution in [2.24, 2.45) is 0 Å². The standard InChI is InChI=1S/C10H21NO2S/c1-12-6-8-14-7-4-11-9-10-3-2-5-13-10/h10-11H,2-9H2,1H3. The highest BCUT2D eigenvalue weighted by molar-refractivity contribution is 7.99. The Labute approximate surface area is 90.9 Å². The van der Waals surface area contributed by atoms with Crippen molar-refractivity contribution in [3.05, 3.63) is 0 Å². The van der Waals surface area contributed by atoms with Crippen LogP contribution in [0.1, 0.15) is 12.8 Å². The third-order valence-electron chi connectivity index (χ3n) is 2.25. The zero-order valence-electron chi connectivity index (χ0n) is 8.96. The van der Waals surface area contributed by atoms with Crippen molar-refractivity contribution in [2.45, 2.75) is 18.9 Å². The summed E-state index contributed by atoms with van der Waals surface area (Å²) >= 11 is 1.93. The SMILES string of the molecule is COCCSCCNCC1CCCO1. The number of ether oxygens (including phenoxy) is 2. The molecule has 0 amide bonds. The fraction of sp³-hybridized carbons (Fsp3) is 1.00. The first-order valence-corrected chi connectivity index (χ1v) is 6.48. The van der Waals surface area contributed by atoms with E-state index in [1.54, 1.807) is 7.11 Å². The first-order valence-electron chi connectivity index (χ1n) is 5.32. The zero-order chi connectivity index (χ0) is 10.1. The van der Waals surface area contributed by atoms with Crippen LogP contribution in [-0.2, 0) is 9.47 Å². The Balaban J connectivity index is 1.75. The van der Waals surface area contributed by atoms with Crippen molar-refractivity contribution in [2.75, 3.05) is 44.9 Å². The molecule has 1 aliphatic heterocycles. The summed E-state index contributed by atoms with van der Waals surface area (Å²) < 4.78 is 10.5. The number of hydrogen-bond acceptors (Lipinski definition) is 4. The molecule has 84 valence electrons. The molecule has 0 aromatic heterocycles. The Morgan fingerprint density at radius 1 is 1.50 bits per heavy atom. The van der Waals surface area contributed by atoms with Gasteiger partial charge in [0.05, 0.1) is 12.7 Å². The third-order valence-corrected chi connectivity index (χ3v) is 3.20. The average molecular weight is 219 g/mol. The molecule has 0 aromatic carbocycles. The molecule has 0 aliphatic carbocycles. The lowest BCUT2D eigenvalue weighted by atomic mass is 10.2. The van der Waals surface area contributed by atoms with E-state index in [4.69, 9.17) is 9.47 Å². The third kappa shape index (κ3) is 5.86. The summed E-state index contributed by atoms with van der Waals surface area (Å²) in [5.74, 6) is 2.26. The maximum absolute atomic E-state index is 5.51. The minimum Gasteiger partial charge on any atom is -0.384 e. The van der Waals surface area contributed by atoms with E-state index in [0.717, 1.165) is 37.8 Å². The first-order chi connectivity index (χ1) is 6.93. The molecule has 1 saturated heterocycles. The number of rotatable bonds is 8. The van der Waals surface area contributed by atoms with Crippen LogP contribution in [0.25, 0.3) is 0 Å². The highest BCUT2D eigenvalue weighted by atomic mass is 32.2. The molecule has 4 heteroatoms. The van der Waals surface area contributed by atoms with Gasteiger partial charge in [0.15, 0.2) is 0 Å². The van der Waals surface area contributed by atoms with E-state index < -0.39 is 0 Å². The van der Waals surface area contributed by atoms with Gasteiger partial charge in [0.25, 0.3) is 0 Å². The van der Waals surface area contributed by atoms with E-state index in [9.17, 15) is 0 Å². The normalized spacial score (nSPS) is 21.6. The summed E-state index contributed by atoms with van der Waals surface area (Å²) in [6, 6.07) is 0. The summed E-state index contributed by atoms with van der Waals surface area (Å²) in [5.41, 5.74) is 0. The summed E-state index contributed by atoms with van der Waals surface area (Å²) in [6.45, 7) is 3.91. The van der Waals surface area contributed by atoms with E-state index >= 15 is 0 Å². The molecule has 1 N–H and O–H groups in total. The summed E-state index contributed by atoms with van der Waals surface area (Å²) in [5, 5.41) is 3.42. The van der Waals surface area contributed by atoms with Crippen molar-refractivity contribution in [1.82, 2.24) is 5.32 Å². The summed E-state index contributed by atoms with van der Waals surface area (Å²) in [4.78, 5) is 0. The minimum absolute atomic E-state index is 0.471. The molecule has 1 fully saturated rings. The quantitative estimate of drug-likeness (QED) is 0.620. The topological polar surface area (TPSA) is 30.5 Å². The molecular weight excluding hydrogens is 198 g/mol. The van der Waals surface area contributed by atoms with Gasteiger partial charge in [-0.25, -0.2) is 0 Å². The van der Waals surface area contributed by atoms with Crippen LogP contribution in [0.15, 0.2) is 0 Å². The Kier molecular flexibility index (Phi) is 7.50. The summed E-state index contributed by atoms with van der Waals surface area (Å²) in [7, 11) is 1.75. The molecule has 1 unspecified atom stereocenters. The van der Waals surface area contributed by atoms with Crippen LogP contribution in [0.5, 0.6) is 0 Å². The number of nitrogens with one attached hydrogen (secondary N) is 1. The van der Waals surface area contributed by atoms with Gasteiger partial charge in [-0.05, 0) is 12.8 Å². The lowest BCUT2D eigenvalue weighted by Crippen LogP contribution is -2.28. The Morgan fingerprint density at radius 3 is 3.14 bits per heavy atom. The van der Waals surface area contributed by atoms with E-state index in [0.29, 0.717) is 6.10 Å². The van der Waals surface area contributed by atoms with Gasteiger partial charge < -0.3 is 14.8 Å². The van der Waals surface area contributed by atoms with Crippen molar-refractivity contribution >= 4 is 11.8 Å². The number of methoxy groups -OCH3 is 1. The molecule has 1 atom stereocenters. The lowest BCUT2D eigenvalue weighted by molar-refractivity contribution is 0.110. The first kappa shape index (κ1) is 12.3. The highest BCUT2D eigenvalue weighted by Crippen LogP contribution is 2.10. The van der Waals surface area contributed by atoms with Crippen molar-refractivity contribution in [3.8, 4) is 0 Å².